The highest BCUT2D eigenvalue weighted by molar-refractivity contribution is 7.21. The van der Waals surface area contributed by atoms with E-state index in [1.54, 1.807) is 29.9 Å². The molecule has 0 amide bonds. The summed E-state index contributed by atoms with van der Waals surface area (Å²) in [7, 11) is 0. The standard InChI is InChI=1S/C28H17N11O2S/c1-3-19-26(37-41-35-19)21(5-1)39(22-14-38-12-11-30-28(38)42-22)27-25(17-4-2-9-29-17)24-18(33-27)7-6-15(16-8-10-31-34-16)23(24)20-13-32-40-36-20/h1-14,29,33H,(H,31,34). The molecule has 13 nitrogen and oxygen atoms in total. The maximum Gasteiger partial charge on any atom is 0.195 e. The normalized spacial score (nSPS) is 11.8. The number of hydrogen-bond donors (Lipinski definition) is 3. The van der Waals surface area contributed by atoms with Gasteiger partial charge in [-0.05, 0) is 57.9 Å². The van der Waals surface area contributed by atoms with Crippen LogP contribution in [-0.4, -0.2) is 50.2 Å². The quantitative estimate of drug-likeness (QED) is 0.208. The van der Waals surface area contributed by atoms with E-state index < -0.39 is 0 Å². The van der Waals surface area contributed by atoms with Crippen molar-refractivity contribution in [1.82, 2.24) is 50.2 Å². The third-order valence-electron chi connectivity index (χ3n) is 7.23. The monoisotopic (exact) mass is 571 g/mol. The Hall–Kier alpha value is -6.02. The number of aromatic nitrogens is 10. The molecule has 0 aliphatic rings. The molecular weight excluding hydrogens is 554 g/mol. The molecule has 202 valence electrons. The van der Waals surface area contributed by atoms with Crippen molar-refractivity contribution in [2.75, 3.05) is 4.90 Å². The van der Waals surface area contributed by atoms with Crippen LogP contribution in [0.3, 0.4) is 0 Å². The van der Waals surface area contributed by atoms with Crippen molar-refractivity contribution >= 4 is 54.7 Å². The summed E-state index contributed by atoms with van der Waals surface area (Å²) in [5, 5.41) is 25.8. The van der Waals surface area contributed by atoms with Crippen LogP contribution in [-0.2, 0) is 0 Å². The second-order valence-electron chi connectivity index (χ2n) is 9.53. The average molecular weight is 572 g/mol. The number of imidazole rings is 1. The van der Waals surface area contributed by atoms with Crippen molar-refractivity contribution in [3.8, 4) is 33.8 Å². The molecule has 0 saturated carbocycles. The molecule has 0 bridgehead atoms. The molecule has 9 rings (SSSR count). The lowest BCUT2D eigenvalue weighted by Gasteiger charge is -2.23. The first kappa shape index (κ1) is 22.8. The highest BCUT2D eigenvalue weighted by Gasteiger charge is 2.29. The summed E-state index contributed by atoms with van der Waals surface area (Å²) in [6, 6.07) is 15.8. The number of H-pyrrole nitrogens is 3. The van der Waals surface area contributed by atoms with Crippen molar-refractivity contribution in [3.05, 3.63) is 85.7 Å². The minimum absolute atomic E-state index is 0.584. The van der Waals surface area contributed by atoms with Gasteiger partial charge in [-0.1, -0.05) is 22.6 Å². The molecular formula is C28H17N11O2S. The van der Waals surface area contributed by atoms with Crippen molar-refractivity contribution in [1.29, 1.82) is 0 Å². The Bertz CT molecular complexity index is 2290. The Balaban J connectivity index is 1.42. The third-order valence-corrected chi connectivity index (χ3v) is 8.23. The second kappa shape index (κ2) is 8.74. The van der Waals surface area contributed by atoms with E-state index in [1.165, 1.54) is 0 Å². The molecule has 0 spiro atoms. The topological polar surface area (TPSA) is 159 Å². The van der Waals surface area contributed by atoms with Gasteiger partial charge in [-0.2, -0.15) is 5.10 Å². The summed E-state index contributed by atoms with van der Waals surface area (Å²) in [6.45, 7) is 0. The van der Waals surface area contributed by atoms with Crippen LogP contribution in [0.5, 0.6) is 0 Å². The van der Waals surface area contributed by atoms with Gasteiger partial charge in [-0.15, -0.1) is 0 Å². The molecule has 0 saturated heterocycles. The van der Waals surface area contributed by atoms with E-state index in [0.717, 1.165) is 60.4 Å². The van der Waals surface area contributed by atoms with Gasteiger partial charge in [0.2, 0.25) is 0 Å². The number of nitrogens with zero attached hydrogens (tertiary/aromatic N) is 8. The molecule has 14 heteroatoms. The number of thiazole rings is 1. The number of rotatable bonds is 6. The Labute approximate surface area is 238 Å². The van der Waals surface area contributed by atoms with Gasteiger partial charge in [-0.3, -0.25) is 14.4 Å². The molecule has 42 heavy (non-hydrogen) atoms. The van der Waals surface area contributed by atoms with E-state index in [0.29, 0.717) is 16.7 Å². The van der Waals surface area contributed by atoms with Crippen LogP contribution in [0, 0.1) is 0 Å². The van der Waals surface area contributed by atoms with Crippen LogP contribution in [0.25, 0.3) is 60.7 Å². The van der Waals surface area contributed by atoms with Crippen molar-refractivity contribution < 1.29 is 9.26 Å². The molecule has 0 aliphatic heterocycles. The summed E-state index contributed by atoms with van der Waals surface area (Å²) < 4.78 is 12.2. The van der Waals surface area contributed by atoms with E-state index >= 15 is 0 Å². The Morgan fingerprint density at radius 3 is 2.74 bits per heavy atom. The summed E-state index contributed by atoms with van der Waals surface area (Å²) >= 11 is 1.55. The fourth-order valence-electron chi connectivity index (χ4n) is 5.50. The SMILES string of the molecule is c1c[nH]c(-c2c(N(c3cn4ccnc4s3)c3cccc4nonc34)[nH]c3ccc(-c4cc[nH]n4)c(-c4cnon4)c23)c1. The van der Waals surface area contributed by atoms with Crippen LogP contribution in [0.15, 0.2) is 95.0 Å². The van der Waals surface area contributed by atoms with Crippen molar-refractivity contribution in [2.24, 2.45) is 0 Å². The third kappa shape index (κ3) is 3.29. The van der Waals surface area contributed by atoms with Gasteiger partial charge < -0.3 is 9.97 Å². The largest absolute Gasteiger partial charge is 0.361 e. The summed E-state index contributed by atoms with van der Waals surface area (Å²) in [5.41, 5.74) is 7.79. The van der Waals surface area contributed by atoms with Crippen LogP contribution in [0.1, 0.15) is 0 Å². The Morgan fingerprint density at radius 1 is 0.905 bits per heavy atom. The molecule has 7 heterocycles. The molecule has 0 atom stereocenters. The summed E-state index contributed by atoms with van der Waals surface area (Å²) in [4.78, 5) is 14.6. The van der Waals surface area contributed by atoms with Gasteiger partial charge in [0.25, 0.3) is 0 Å². The van der Waals surface area contributed by atoms with Crippen molar-refractivity contribution in [2.45, 2.75) is 0 Å². The zero-order valence-electron chi connectivity index (χ0n) is 21.4. The molecule has 0 aliphatic carbocycles. The first-order chi connectivity index (χ1) is 20.8. The maximum absolute atomic E-state index is 5.17. The lowest BCUT2D eigenvalue weighted by atomic mass is 9.95. The first-order valence-corrected chi connectivity index (χ1v) is 13.7. The molecule has 0 fully saturated rings. The number of aromatic amines is 3. The lowest BCUT2D eigenvalue weighted by molar-refractivity contribution is 0.308. The van der Waals surface area contributed by atoms with E-state index in [2.05, 4.69) is 50.7 Å². The molecule has 7 aromatic heterocycles. The van der Waals surface area contributed by atoms with Gasteiger partial charge in [0, 0.05) is 64.3 Å². The van der Waals surface area contributed by atoms with Gasteiger partial charge >= 0.3 is 0 Å². The van der Waals surface area contributed by atoms with E-state index in [1.807, 2.05) is 71.5 Å². The van der Waals surface area contributed by atoms with Gasteiger partial charge in [0.05, 0.1) is 17.6 Å². The zero-order chi connectivity index (χ0) is 27.6. The van der Waals surface area contributed by atoms with Gasteiger partial charge in [-0.25, -0.2) is 14.2 Å². The average Bonchev–Trinajstić information content (AvgIpc) is 3.84. The summed E-state index contributed by atoms with van der Waals surface area (Å²) in [5.74, 6) is 0.796. The second-order valence-corrected chi connectivity index (χ2v) is 10.5. The van der Waals surface area contributed by atoms with E-state index in [4.69, 9.17) is 9.26 Å². The number of hydrogen-bond acceptors (Lipinski definition) is 10. The predicted molar refractivity (Wildman–Crippen MR) is 156 cm³/mol. The number of nitrogens with one attached hydrogen (secondary N) is 3. The smallest absolute Gasteiger partial charge is 0.195 e. The minimum atomic E-state index is 0.584. The molecule has 0 radical (unpaired) electrons. The molecule has 2 aromatic carbocycles. The van der Waals surface area contributed by atoms with Crippen LogP contribution >= 0.6 is 11.3 Å². The maximum atomic E-state index is 5.17. The number of benzene rings is 2. The van der Waals surface area contributed by atoms with Crippen LogP contribution < -0.4 is 4.90 Å². The highest BCUT2D eigenvalue weighted by atomic mass is 32.1. The highest BCUT2D eigenvalue weighted by Crippen LogP contribution is 2.50. The Morgan fingerprint density at radius 2 is 1.90 bits per heavy atom. The number of fused-ring (bicyclic) bond motifs is 3. The molecule has 9 aromatic rings. The lowest BCUT2D eigenvalue weighted by Crippen LogP contribution is -2.11. The molecule has 0 unspecified atom stereocenters. The summed E-state index contributed by atoms with van der Waals surface area (Å²) in [6.07, 6.45) is 11.1. The van der Waals surface area contributed by atoms with Gasteiger partial charge in [0.15, 0.2) is 10.5 Å². The van der Waals surface area contributed by atoms with Crippen LogP contribution in [0.2, 0.25) is 0 Å². The van der Waals surface area contributed by atoms with E-state index in [-0.39, 0.29) is 0 Å². The van der Waals surface area contributed by atoms with Gasteiger partial charge in [0.1, 0.15) is 22.0 Å². The van der Waals surface area contributed by atoms with Crippen LogP contribution in [0.4, 0.5) is 16.5 Å². The van der Waals surface area contributed by atoms with E-state index in [9.17, 15) is 0 Å². The van der Waals surface area contributed by atoms with Crippen molar-refractivity contribution in [3.63, 3.8) is 0 Å². The molecule has 3 N–H and O–H groups in total. The fourth-order valence-corrected chi connectivity index (χ4v) is 6.46. The predicted octanol–water partition coefficient (Wildman–Crippen LogP) is 6.32. The Kier molecular flexibility index (Phi) is 4.74. The number of anilines is 3. The fraction of sp³-hybridized carbons (Fsp3) is 0. The minimum Gasteiger partial charge on any atom is -0.361 e. The zero-order valence-corrected chi connectivity index (χ0v) is 22.2. The first-order valence-electron chi connectivity index (χ1n) is 12.9.